The van der Waals surface area contributed by atoms with Gasteiger partial charge in [0.15, 0.2) is 5.78 Å². The molecule has 0 aromatic heterocycles. The Morgan fingerprint density at radius 2 is 1.00 bits per heavy atom. The summed E-state index contributed by atoms with van der Waals surface area (Å²) < 4.78 is 0. The van der Waals surface area contributed by atoms with Crippen LogP contribution in [0, 0.1) is 16.7 Å². The van der Waals surface area contributed by atoms with Crippen LogP contribution in [-0.4, -0.2) is 44.4 Å². The number of Topliss-reactive ketones (excluding diaryl/α,β-unsaturated/α-hetero) is 5. The fraction of sp³-hybridized carbons (Fsp3) is 0.692. The molecule has 0 saturated carbocycles. The molecule has 0 aromatic carbocycles. The van der Waals surface area contributed by atoms with Crippen molar-refractivity contribution >= 4 is 66.6 Å². The third-order valence-corrected chi connectivity index (χ3v) is 7.58. The summed E-state index contributed by atoms with van der Waals surface area (Å²) in [7, 11) is 0. The van der Waals surface area contributed by atoms with E-state index in [4.69, 9.17) is 0 Å². The molecule has 0 spiro atoms. The van der Waals surface area contributed by atoms with Gasteiger partial charge in [0.2, 0.25) is 0 Å². The maximum absolute atomic E-state index is 11.6. The first-order chi connectivity index (χ1) is 15.1. The first-order valence-electron chi connectivity index (χ1n) is 11.1. The van der Waals surface area contributed by atoms with Gasteiger partial charge in [-0.25, -0.2) is 0 Å². The average molecular weight is 610 g/mol. The van der Waals surface area contributed by atoms with Crippen LogP contribution in [0.3, 0.4) is 0 Å². The summed E-state index contributed by atoms with van der Waals surface area (Å²) in [5.74, 6) is 0.0734. The number of hydrogen-bond donors (Lipinski definition) is 0. The summed E-state index contributed by atoms with van der Waals surface area (Å²) in [6.45, 7) is 19.7. The summed E-state index contributed by atoms with van der Waals surface area (Å²) in [6.07, 6.45) is 2.80. The number of ketones is 6. The van der Waals surface area contributed by atoms with Crippen LogP contribution in [-0.2, 0) is 28.8 Å². The Bertz CT molecular complexity index is 752. The van der Waals surface area contributed by atoms with Crippen molar-refractivity contribution < 1.29 is 28.8 Å². The molecule has 0 heterocycles. The maximum Gasteiger partial charge on any atom is 0.152 e. The first kappa shape index (κ1) is 37.3. The van der Waals surface area contributed by atoms with E-state index < -0.39 is 10.8 Å². The normalized spacial score (nSPS) is 13.5. The van der Waals surface area contributed by atoms with E-state index in [-0.39, 0.29) is 50.3 Å². The minimum atomic E-state index is -0.514. The van der Waals surface area contributed by atoms with Crippen molar-refractivity contribution in [3.63, 3.8) is 0 Å². The second-order valence-corrected chi connectivity index (χ2v) is 12.0. The lowest BCUT2D eigenvalue weighted by molar-refractivity contribution is -0.128. The van der Waals surface area contributed by atoms with Crippen LogP contribution < -0.4 is 0 Å². The average Bonchev–Trinajstić information content (AvgIpc) is 2.67. The Hall–Kier alpha value is -1.28. The van der Waals surface area contributed by atoms with Crippen molar-refractivity contribution in [3.05, 3.63) is 12.7 Å². The lowest BCUT2D eigenvalue weighted by Crippen LogP contribution is -2.30. The van der Waals surface area contributed by atoms with Gasteiger partial charge in [0.1, 0.15) is 28.9 Å². The molecule has 0 N–H and O–H groups in total. The molecule has 3 unspecified atom stereocenters. The molecule has 0 fully saturated rings. The van der Waals surface area contributed by atoms with Gasteiger partial charge in [-0.2, -0.15) is 0 Å². The largest absolute Gasteiger partial charge is 0.300 e. The molecule has 196 valence electrons. The second-order valence-electron chi connectivity index (χ2n) is 9.80. The smallest absolute Gasteiger partial charge is 0.152 e. The molecule has 0 saturated heterocycles. The lowest BCUT2D eigenvalue weighted by atomic mass is 9.77. The molecule has 0 radical (unpaired) electrons. The van der Waals surface area contributed by atoms with Gasteiger partial charge < -0.3 is 0 Å². The first-order valence-corrected chi connectivity index (χ1v) is 12.9. The Morgan fingerprint density at radius 3 is 1.24 bits per heavy atom. The van der Waals surface area contributed by atoms with E-state index in [1.165, 1.54) is 40.7 Å². The molecule has 0 aliphatic heterocycles. The van der Waals surface area contributed by atoms with Crippen molar-refractivity contribution in [1.29, 1.82) is 0 Å². The Labute approximate surface area is 222 Å². The van der Waals surface area contributed by atoms with Crippen molar-refractivity contribution in [2.45, 2.75) is 98.2 Å². The molecule has 0 rings (SSSR count). The zero-order chi connectivity index (χ0) is 28.0. The molecule has 0 aromatic rings. The lowest BCUT2D eigenvalue weighted by Gasteiger charge is -2.26. The van der Waals surface area contributed by atoms with Crippen LogP contribution >= 0.6 is 31.9 Å². The number of halogens is 2. The highest BCUT2D eigenvalue weighted by atomic mass is 79.9. The van der Waals surface area contributed by atoms with E-state index in [9.17, 15) is 28.8 Å². The molecule has 8 heteroatoms. The van der Waals surface area contributed by atoms with Gasteiger partial charge in [0.05, 0.1) is 9.65 Å². The molecule has 6 nitrogen and oxygen atoms in total. The predicted octanol–water partition coefficient (Wildman–Crippen LogP) is 6.05. The van der Waals surface area contributed by atoms with Gasteiger partial charge in [0.25, 0.3) is 0 Å². The highest BCUT2D eigenvalue weighted by molar-refractivity contribution is 9.10. The predicted molar refractivity (Wildman–Crippen MR) is 145 cm³/mol. The topological polar surface area (TPSA) is 102 Å². The fourth-order valence-corrected chi connectivity index (χ4v) is 3.56. The zero-order valence-corrected chi connectivity index (χ0v) is 25.5. The number of alkyl halides is 2. The summed E-state index contributed by atoms with van der Waals surface area (Å²) in [5.41, 5.74) is -0.917. The Balaban J connectivity index is -0.000000490. The van der Waals surface area contributed by atoms with Crippen LogP contribution in [0.15, 0.2) is 12.7 Å². The van der Waals surface area contributed by atoms with Gasteiger partial charge in [-0.3, -0.25) is 28.8 Å². The van der Waals surface area contributed by atoms with Gasteiger partial charge in [0, 0.05) is 16.7 Å². The van der Waals surface area contributed by atoms with Crippen LogP contribution in [0.4, 0.5) is 0 Å². The highest BCUT2D eigenvalue weighted by Crippen LogP contribution is 2.31. The van der Waals surface area contributed by atoms with E-state index >= 15 is 0 Å². The maximum atomic E-state index is 11.6. The number of carbonyl (C=O) groups excluding carboxylic acids is 6. The minimum absolute atomic E-state index is 0.0110. The molecular weight excluding hydrogens is 568 g/mol. The number of rotatable bonds is 12. The van der Waals surface area contributed by atoms with Crippen LogP contribution in [0.5, 0.6) is 0 Å². The monoisotopic (exact) mass is 608 g/mol. The van der Waals surface area contributed by atoms with Crippen molar-refractivity contribution in [2.75, 3.05) is 0 Å². The SMILES string of the molecule is C=CC(C)=O.CC(=O)C(Br)CC(C)(C)C(C)=O.CC(=O)C(Br)CC(CC(C)(C)C(C)=O)C(C)=O. The standard InChI is InChI=1S/C13H21BrO3.C9H15BrO2.C4H6O/c1-8(15)11(6-12(14)9(2)16)7-13(4,5)10(3)17;1-6(11)8(10)5-9(3,4)7(2)12;1-3-4(2)5/h11-12H,6-7H2,1-5H3;8H,5H2,1-4H3;3H,1H2,2H3. The highest BCUT2D eigenvalue weighted by Gasteiger charge is 2.31. The molecule has 3 atom stereocenters. The molecule has 0 aliphatic carbocycles. The Morgan fingerprint density at radius 1 is 0.676 bits per heavy atom. The van der Waals surface area contributed by atoms with Crippen LogP contribution in [0.25, 0.3) is 0 Å². The fourth-order valence-electron chi connectivity index (χ4n) is 2.30. The van der Waals surface area contributed by atoms with Crippen LogP contribution in [0.2, 0.25) is 0 Å². The molecule has 0 bridgehead atoms. The summed E-state index contributed by atoms with van der Waals surface area (Å²) in [6, 6.07) is 0. The third kappa shape index (κ3) is 18.1. The zero-order valence-electron chi connectivity index (χ0n) is 22.3. The summed E-state index contributed by atoms with van der Waals surface area (Å²) in [5, 5.41) is 0. The van der Waals surface area contributed by atoms with E-state index in [0.29, 0.717) is 19.3 Å². The minimum Gasteiger partial charge on any atom is -0.300 e. The second kappa shape index (κ2) is 17.2. The molecule has 0 amide bonds. The Kier molecular flexibility index (Phi) is 18.9. The quantitative estimate of drug-likeness (QED) is 0.197. The molecule has 34 heavy (non-hydrogen) atoms. The van der Waals surface area contributed by atoms with E-state index in [2.05, 4.69) is 38.4 Å². The number of hydrogen-bond acceptors (Lipinski definition) is 6. The summed E-state index contributed by atoms with van der Waals surface area (Å²) in [4.78, 5) is 65.4. The van der Waals surface area contributed by atoms with Gasteiger partial charge in [-0.15, -0.1) is 0 Å². The number of allylic oxidation sites excluding steroid dienone is 1. The van der Waals surface area contributed by atoms with Crippen molar-refractivity contribution in [1.82, 2.24) is 0 Å². The molecule has 0 aliphatic rings. The van der Waals surface area contributed by atoms with Gasteiger partial charge >= 0.3 is 0 Å². The van der Waals surface area contributed by atoms with Crippen LogP contribution in [0.1, 0.15) is 88.5 Å². The van der Waals surface area contributed by atoms with Gasteiger partial charge in [-0.1, -0.05) is 66.1 Å². The van der Waals surface area contributed by atoms with E-state index in [1.54, 1.807) is 6.92 Å². The van der Waals surface area contributed by atoms with Gasteiger partial charge in [-0.05, 0) is 66.9 Å². The summed E-state index contributed by atoms with van der Waals surface area (Å²) >= 11 is 6.51. The van der Waals surface area contributed by atoms with Crippen molar-refractivity contribution in [2.24, 2.45) is 16.7 Å². The van der Waals surface area contributed by atoms with Crippen molar-refractivity contribution in [3.8, 4) is 0 Å². The number of carbonyl (C=O) groups is 6. The molecular formula is C26H42Br2O6. The van der Waals surface area contributed by atoms with E-state index in [1.807, 2.05) is 27.7 Å². The van der Waals surface area contributed by atoms with E-state index in [0.717, 1.165) is 0 Å². The third-order valence-electron chi connectivity index (χ3n) is 5.59.